The molecule has 18 heavy (non-hydrogen) atoms. The summed E-state index contributed by atoms with van der Waals surface area (Å²) < 4.78 is 38.0. The number of hydrogen-bond donors (Lipinski definition) is 1. The molecular formula is C13H23F3N2. The van der Waals surface area contributed by atoms with Gasteiger partial charge >= 0.3 is 6.18 Å². The average Bonchev–Trinajstić information content (AvgIpc) is 3.01. The molecule has 0 aromatic carbocycles. The predicted octanol–water partition coefficient (Wildman–Crippen LogP) is 2.93. The molecule has 0 aliphatic heterocycles. The summed E-state index contributed by atoms with van der Waals surface area (Å²) in [4.78, 5) is 1.72. The van der Waals surface area contributed by atoms with Gasteiger partial charge in [-0.2, -0.15) is 13.2 Å². The maximum absolute atomic E-state index is 12.7. The molecule has 2 unspecified atom stereocenters. The standard InChI is InChI=1S/C13H23F3N2/c1-2-8-17-11-4-3-5-12(11)18(10-6-7-10)9-13(14,15)16/h10-12,17H,2-9H2,1H3. The molecule has 0 radical (unpaired) electrons. The van der Waals surface area contributed by atoms with Crippen molar-refractivity contribution >= 4 is 0 Å². The van der Waals surface area contributed by atoms with E-state index in [1.807, 2.05) is 0 Å². The Hall–Kier alpha value is -0.290. The molecule has 2 saturated carbocycles. The molecule has 2 aliphatic carbocycles. The van der Waals surface area contributed by atoms with E-state index < -0.39 is 12.7 Å². The molecule has 0 bridgehead atoms. The van der Waals surface area contributed by atoms with Crippen LogP contribution in [0.25, 0.3) is 0 Å². The normalized spacial score (nSPS) is 29.2. The minimum absolute atomic E-state index is 0.0886. The molecule has 0 amide bonds. The SMILES string of the molecule is CCCNC1CCCC1N(CC(F)(F)F)C1CC1. The van der Waals surface area contributed by atoms with Gasteiger partial charge in [0.1, 0.15) is 0 Å². The molecular weight excluding hydrogens is 241 g/mol. The summed E-state index contributed by atoms with van der Waals surface area (Å²) in [5.74, 6) is 0. The molecule has 1 N–H and O–H groups in total. The number of nitrogens with one attached hydrogen (secondary N) is 1. The first-order valence-electron chi connectivity index (χ1n) is 7.07. The molecule has 106 valence electrons. The van der Waals surface area contributed by atoms with E-state index in [9.17, 15) is 13.2 Å². The van der Waals surface area contributed by atoms with E-state index in [0.29, 0.717) is 0 Å². The van der Waals surface area contributed by atoms with Crippen molar-refractivity contribution in [3.63, 3.8) is 0 Å². The van der Waals surface area contributed by atoms with Crippen molar-refractivity contribution in [2.24, 2.45) is 0 Å². The zero-order chi connectivity index (χ0) is 13.2. The average molecular weight is 264 g/mol. The first-order valence-corrected chi connectivity index (χ1v) is 7.07. The number of alkyl halides is 3. The lowest BCUT2D eigenvalue weighted by molar-refractivity contribution is -0.153. The maximum atomic E-state index is 12.7. The van der Waals surface area contributed by atoms with Gasteiger partial charge in [0, 0.05) is 18.1 Å². The number of rotatable bonds is 6. The van der Waals surface area contributed by atoms with Crippen LogP contribution in [-0.4, -0.2) is 42.3 Å². The molecule has 5 heteroatoms. The van der Waals surface area contributed by atoms with E-state index in [1.54, 1.807) is 4.90 Å². The summed E-state index contributed by atoms with van der Waals surface area (Å²) in [6, 6.07) is 0.527. The van der Waals surface area contributed by atoms with Crippen LogP contribution in [0.5, 0.6) is 0 Å². The lowest BCUT2D eigenvalue weighted by Gasteiger charge is -2.34. The monoisotopic (exact) mass is 264 g/mol. The van der Waals surface area contributed by atoms with Gasteiger partial charge in [0.15, 0.2) is 0 Å². The Morgan fingerprint density at radius 1 is 1.17 bits per heavy atom. The summed E-state index contributed by atoms with van der Waals surface area (Å²) in [6.45, 7) is 2.27. The second kappa shape index (κ2) is 5.78. The Morgan fingerprint density at radius 2 is 1.89 bits per heavy atom. The van der Waals surface area contributed by atoms with Crippen LogP contribution in [0.2, 0.25) is 0 Å². The molecule has 0 spiro atoms. The third-order valence-corrected chi connectivity index (χ3v) is 3.94. The Morgan fingerprint density at radius 3 is 2.44 bits per heavy atom. The van der Waals surface area contributed by atoms with Crippen LogP contribution in [-0.2, 0) is 0 Å². The molecule has 2 rings (SSSR count). The zero-order valence-corrected chi connectivity index (χ0v) is 11.0. The fraction of sp³-hybridized carbons (Fsp3) is 1.00. The smallest absolute Gasteiger partial charge is 0.312 e. The Kier molecular flexibility index (Phi) is 4.54. The third kappa shape index (κ3) is 3.85. The van der Waals surface area contributed by atoms with E-state index in [0.717, 1.165) is 45.1 Å². The first kappa shape index (κ1) is 14.1. The Balaban J connectivity index is 1.96. The zero-order valence-electron chi connectivity index (χ0n) is 11.0. The molecule has 2 fully saturated rings. The van der Waals surface area contributed by atoms with Crippen molar-refractivity contribution in [3.8, 4) is 0 Å². The van der Waals surface area contributed by atoms with Gasteiger partial charge in [-0.15, -0.1) is 0 Å². The first-order chi connectivity index (χ1) is 8.51. The quantitative estimate of drug-likeness (QED) is 0.793. The topological polar surface area (TPSA) is 15.3 Å². The second-order valence-corrected chi connectivity index (χ2v) is 5.58. The number of hydrogen-bond acceptors (Lipinski definition) is 2. The molecule has 0 aromatic rings. The molecule has 0 saturated heterocycles. The van der Waals surface area contributed by atoms with E-state index in [4.69, 9.17) is 0 Å². The summed E-state index contributed by atoms with van der Waals surface area (Å²) >= 11 is 0. The van der Waals surface area contributed by atoms with Crippen LogP contribution in [0, 0.1) is 0 Å². The highest BCUT2D eigenvalue weighted by Gasteiger charge is 2.44. The lowest BCUT2D eigenvalue weighted by Crippen LogP contribution is -2.51. The van der Waals surface area contributed by atoms with Crippen LogP contribution in [0.1, 0.15) is 45.4 Å². The van der Waals surface area contributed by atoms with Crippen LogP contribution in [0.3, 0.4) is 0 Å². The fourth-order valence-electron chi connectivity index (χ4n) is 3.04. The van der Waals surface area contributed by atoms with Gasteiger partial charge < -0.3 is 5.32 Å². The van der Waals surface area contributed by atoms with Gasteiger partial charge in [0.05, 0.1) is 6.54 Å². The Labute approximate surface area is 107 Å². The maximum Gasteiger partial charge on any atom is 0.401 e. The van der Waals surface area contributed by atoms with Crippen LogP contribution in [0.15, 0.2) is 0 Å². The van der Waals surface area contributed by atoms with Crippen molar-refractivity contribution < 1.29 is 13.2 Å². The van der Waals surface area contributed by atoms with Crippen LogP contribution in [0.4, 0.5) is 13.2 Å². The molecule has 0 heterocycles. The summed E-state index contributed by atoms with van der Waals surface area (Å²) in [6.07, 6.45) is 1.82. The highest BCUT2D eigenvalue weighted by atomic mass is 19.4. The molecule has 0 aromatic heterocycles. The largest absolute Gasteiger partial charge is 0.401 e. The highest BCUT2D eigenvalue weighted by Crippen LogP contribution is 2.36. The second-order valence-electron chi connectivity index (χ2n) is 5.58. The van der Waals surface area contributed by atoms with Crippen molar-refractivity contribution in [2.75, 3.05) is 13.1 Å². The van der Waals surface area contributed by atoms with E-state index in [1.165, 1.54) is 0 Å². The minimum Gasteiger partial charge on any atom is -0.312 e. The van der Waals surface area contributed by atoms with Gasteiger partial charge in [0.2, 0.25) is 0 Å². The van der Waals surface area contributed by atoms with Crippen molar-refractivity contribution in [1.29, 1.82) is 0 Å². The van der Waals surface area contributed by atoms with E-state index >= 15 is 0 Å². The van der Waals surface area contributed by atoms with E-state index in [-0.39, 0.29) is 18.1 Å². The number of halogens is 3. The van der Waals surface area contributed by atoms with Gasteiger partial charge in [-0.1, -0.05) is 13.3 Å². The van der Waals surface area contributed by atoms with Gasteiger partial charge in [-0.25, -0.2) is 0 Å². The highest BCUT2D eigenvalue weighted by molar-refractivity contribution is 4.97. The molecule has 2 aliphatic rings. The van der Waals surface area contributed by atoms with Gasteiger partial charge in [-0.3, -0.25) is 4.90 Å². The Bertz CT molecular complexity index is 263. The van der Waals surface area contributed by atoms with Gasteiger partial charge in [-0.05, 0) is 38.6 Å². The van der Waals surface area contributed by atoms with Crippen molar-refractivity contribution in [3.05, 3.63) is 0 Å². The molecule has 2 nitrogen and oxygen atoms in total. The minimum atomic E-state index is -4.07. The fourth-order valence-corrected chi connectivity index (χ4v) is 3.04. The molecule has 2 atom stereocenters. The summed E-state index contributed by atoms with van der Waals surface area (Å²) in [7, 11) is 0. The van der Waals surface area contributed by atoms with Crippen LogP contribution >= 0.6 is 0 Å². The summed E-state index contributed by atoms with van der Waals surface area (Å²) in [5.41, 5.74) is 0. The van der Waals surface area contributed by atoms with E-state index in [2.05, 4.69) is 12.2 Å². The van der Waals surface area contributed by atoms with Crippen LogP contribution < -0.4 is 5.32 Å². The summed E-state index contributed by atoms with van der Waals surface area (Å²) in [5, 5.41) is 3.42. The number of nitrogens with zero attached hydrogens (tertiary/aromatic N) is 1. The van der Waals surface area contributed by atoms with Gasteiger partial charge in [0.25, 0.3) is 0 Å². The predicted molar refractivity (Wildman–Crippen MR) is 65.5 cm³/mol. The lowest BCUT2D eigenvalue weighted by atomic mass is 10.1. The van der Waals surface area contributed by atoms with Crippen molar-refractivity contribution in [2.45, 2.75) is 69.8 Å². The van der Waals surface area contributed by atoms with Crippen molar-refractivity contribution in [1.82, 2.24) is 10.2 Å². The third-order valence-electron chi connectivity index (χ3n) is 3.94.